The predicted molar refractivity (Wildman–Crippen MR) is 124 cm³/mol. The van der Waals surface area contributed by atoms with Gasteiger partial charge in [-0.15, -0.1) is 11.3 Å². The van der Waals surface area contributed by atoms with Gasteiger partial charge in [0.15, 0.2) is 0 Å². The number of nitrogens with zero attached hydrogens (tertiary/aromatic N) is 1. The Balaban J connectivity index is 1.78. The molecule has 1 aromatic carbocycles. The summed E-state index contributed by atoms with van der Waals surface area (Å²) in [6.45, 7) is 6.13. The first-order valence-corrected chi connectivity index (χ1v) is 11.2. The smallest absolute Gasteiger partial charge is 0.251 e. The first kappa shape index (κ1) is 22.8. The minimum absolute atomic E-state index is 0.222. The van der Waals surface area contributed by atoms with Crippen molar-refractivity contribution in [2.75, 3.05) is 26.4 Å². The Kier molecular flexibility index (Phi) is 8.08. The summed E-state index contributed by atoms with van der Waals surface area (Å²) in [6.07, 6.45) is 7.18. The number of carbonyl (C=O) groups excluding carboxylic acids is 1. The van der Waals surface area contributed by atoms with Crippen LogP contribution < -0.4 is 21.5 Å². The summed E-state index contributed by atoms with van der Waals surface area (Å²) in [4.78, 5) is 18.5. The number of thiazole rings is 1. The quantitative estimate of drug-likeness (QED) is 0.514. The van der Waals surface area contributed by atoms with Crippen LogP contribution >= 0.6 is 11.3 Å². The van der Waals surface area contributed by atoms with Crippen LogP contribution in [0.4, 0.5) is 0 Å². The highest BCUT2D eigenvalue weighted by Gasteiger charge is 2.18. The molecule has 1 fully saturated rings. The lowest BCUT2D eigenvalue weighted by molar-refractivity contribution is 0.0956. The summed E-state index contributed by atoms with van der Waals surface area (Å²) in [7, 11) is 0. The van der Waals surface area contributed by atoms with Crippen LogP contribution in [0.2, 0.25) is 0 Å². The number of amides is 1. The molecule has 0 aliphatic carbocycles. The van der Waals surface area contributed by atoms with Crippen LogP contribution in [0, 0.1) is 5.92 Å². The normalized spacial score (nSPS) is 17.0. The molecular formula is C23H30N4O3S. The second kappa shape index (κ2) is 11.0. The zero-order valence-corrected chi connectivity index (χ0v) is 18.8. The van der Waals surface area contributed by atoms with Crippen molar-refractivity contribution in [3.05, 3.63) is 58.4 Å². The van der Waals surface area contributed by atoms with Crippen molar-refractivity contribution < 1.29 is 14.3 Å². The summed E-state index contributed by atoms with van der Waals surface area (Å²) in [5.74, 6) is 0.789. The first-order valence-electron chi connectivity index (χ1n) is 10.4. The Bertz CT molecular complexity index is 957. The summed E-state index contributed by atoms with van der Waals surface area (Å²) >= 11 is 1.62. The fourth-order valence-corrected chi connectivity index (χ4v) is 3.89. The Morgan fingerprint density at radius 3 is 2.87 bits per heavy atom. The van der Waals surface area contributed by atoms with Gasteiger partial charge in [-0.3, -0.25) is 4.79 Å². The van der Waals surface area contributed by atoms with Gasteiger partial charge in [0.05, 0.1) is 19.8 Å². The van der Waals surface area contributed by atoms with Crippen molar-refractivity contribution in [2.24, 2.45) is 17.4 Å². The maximum atomic E-state index is 12.8. The molecule has 0 radical (unpaired) electrons. The second-order valence-corrected chi connectivity index (χ2v) is 8.72. The van der Waals surface area contributed by atoms with Gasteiger partial charge in [-0.2, -0.15) is 0 Å². The Hall–Kier alpha value is -2.84. The molecule has 1 amide bonds. The maximum absolute atomic E-state index is 12.8. The van der Waals surface area contributed by atoms with Gasteiger partial charge in [0.2, 0.25) is 0 Å². The van der Waals surface area contributed by atoms with E-state index in [2.05, 4.69) is 17.2 Å². The third-order valence-electron chi connectivity index (χ3n) is 4.84. The van der Waals surface area contributed by atoms with E-state index in [1.54, 1.807) is 36.5 Å². The number of rotatable bonds is 9. The van der Waals surface area contributed by atoms with E-state index in [0.717, 1.165) is 30.0 Å². The molecule has 0 bridgehead atoms. The highest BCUT2D eigenvalue weighted by molar-refractivity contribution is 7.15. The minimum atomic E-state index is -0.229. The number of nitrogens with one attached hydrogen (secondary N) is 1. The number of allylic oxidation sites excluding steroid dienone is 3. The van der Waals surface area contributed by atoms with Crippen LogP contribution in [0.1, 0.15) is 35.5 Å². The molecule has 7 nitrogen and oxygen atoms in total. The largest absolute Gasteiger partial charge is 0.493 e. The topological polar surface area (TPSA) is 112 Å². The molecular weight excluding hydrogens is 412 g/mol. The Labute approximate surface area is 187 Å². The average molecular weight is 443 g/mol. The van der Waals surface area contributed by atoms with Gasteiger partial charge < -0.3 is 26.3 Å². The zero-order chi connectivity index (χ0) is 22.2. The van der Waals surface area contributed by atoms with E-state index in [9.17, 15) is 4.79 Å². The molecule has 5 N–H and O–H groups in total. The van der Waals surface area contributed by atoms with E-state index >= 15 is 0 Å². The van der Waals surface area contributed by atoms with Crippen LogP contribution in [0.3, 0.4) is 0 Å². The minimum Gasteiger partial charge on any atom is -0.493 e. The molecule has 1 saturated heterocycles. The van der Waals surface area contributed by atoms with Gasteiger partial charge in [0.1, 0.15) is 10.8 Å². The van der Waals surface area contributed by atoms with E-state index in [1.165, 1.54) is 4.88 Å². The highest BCUT2D eigenvalue weighted by Crippen LogP contribution is 2.30. The summed E-state index contributed by atoms with van der Waals surface area (Å²) in [6, 6.07) is 5.53. The van der Waals surface area contributed by atoms with Gasteiger partial charge in [-0.1, -0.05) is 6.92 Å². The summed E-state index contributed by atoms with van der Waals surface area (Å²) in [5, 5.41) is 3.71. The van der Waals surface area contributed by atoms with Crippen LogP contribution in [-0.2, 0) is 11.2 Å². The SMILES string of the molecule is CCc1cnc(-c2cc(OC[C@H]3CCOC3)cc(C(=O)NC/C(N)=C/C=C(/C)N)c2)s1. The lowest BCUT2D eigenvalue weighted by Crippen LogP contribution is -2.28. The molecule has 0 saturated carbocycles. The zero-order valence-electron chi connectivity index (χ0n) is 18.0. The second-order valence-electron chi connectivity index (χ2n) is 7.61. The number of ether oxygens (including phenoxy) is 2. The number of aryl methyl sites for hydroxylation is 1. The molecule has 2 heterocycles. The number of benzene rings is 1. The van der Waals surface area contributed by atoms with Crippen LogP contribution in [-0.4, -0.2) is 37.3 Å². The fraction of sp³-hybridized carbons (Fsp3) is 0.391. The third-order valence-corrected chi connectivity index (χ3v) is 6.03. The standard InChI is InChI=1S/C23H30N4O3S/c1-3-21-12-27-23(31-21)18-8-17(22(28)26-11-19(25)5-4-15(2)24)9-20(10-18)30-14-16-6-7-29-13-16/h4-5,8-10,12,16H,3,6-7,11,13-14,24-25H2,1-2H3,(H,26,28)/b15-4-,19-5-/t16-/m0/s1. The van der Waals surface area contributed by atoms with Crippen LogP contribution in [0.25, 0.3) is 10.6 Å². The van der Waals surface area contributed by atoms with Crippen molar-refractivity contribution >= 4 is 17.2 Å². The Morgan fingerprint density at radius 1 is 1.35 bits per heavy atom. The molecule has 0 spiro atoms. The average Bonchev–Trinajstić information content (AvgIpc) is 3.46. The van der Waals surface area contributed by atoms with Crippen molar-refractivity contribution in [3.8, 4) is 16.3 Å². The van der Waals surface area contributed by atoms with E-state index < -0.39 is 0 Å². The van der Waals surface area contributed by atoms with E-state index in [1.807, 2.05) is 18.3 Å². The van der Waals surface area contributed by atoms with Crippen molar-refractivity contribution in [3.63, 3.8) is 0 Å². The molecule has 31 heavy (non-hydrogen) atoms. The first-order chi connectivity index (χ1) is 14.9. The van der Waals surface area contributed by atoms with Gasteiger partial charge >= 0.3 is 0 Å². The number of hydrogen-bond acceptors (Lipinski definition) is 7. The van der Waals surface area contributed by atoms with Crippen molar-refractivity contribution in [2.45, 2.75) is 26.7 Å². The summed E-state index contributed by atoms with van der Waals surface area (Å²) < 4.78 is 11.4. The lowest BCUT2D eigenvalue weighted by atomic mass is 10.1. The molecule has 8 heteroatoms. The fourth-order valence-electron chi connectivity index (χ4n) is 3.05. The molecule has 3 rings (SSSR count). The molecule has 0 unspecified atom stereocenters. The monoisotopic (exact) mass is 442 g/mol. The van der Waals surface area contributed by atoms with Crippen LogP contribution in [0.5, 0.6) is 5.75 Å². The molecule has 2 aromatic rings. The maximum Gasteiger partial charge on any atom is 0.251 e. The van der Waals surface area contributed by atoms with E-state index in [4.69, 9.17) is 20.9 Å². The number of carbonyl (C=O) groups is 1. The van der Waals surface area contributed by atoms with Gasteiger partial charge in [-0.05, 0) is 50.1 Å². The third kappa shape index (κ3) is 6.83. The van der Waals surface area contributed by atoms with Gasteiger partial charge in [0.25, 0.3) is 5.91 Å². The van der Waals surface area contributed by atoms with Gasteiger partial charge in [-0.25, -0.2) is 4.98 Å². The molecule has 1 atom stereocenters. The number of hydrogen-bond donors (Lipinski definition) is 3. The molecule has 166 valence electrons. The van der Waals surface area contributed by atoms with E-state index in [0.29, 0.717) is 41.8 Å². The summed E-state index contributed by atoms with van der Waals surface area (Å²) in [5.41, 5.74) is 14.1. The van der Waals surface area contributed by atoms with Crippen molar-refractivity contribution in [1.82, 2.24) is 10.3 Å². The lowest BCUT2D eigenvalue weighted by Gasteiger charge is -2.13. The molecule has 1 aromatic heterocycles. The predicted octanol–water partition coefficient (Wildman–Crippen LogP) is 3.22. The molecule has 1 aliphatic rings. The highest BCUT2D eigenvalue weighted by atomic mass is 32.1. The van der Waals surface area contributed by atoms with Crippen molar-refractivity contribution in [1.29, 1.82) is 0 Å². The number of nitrogens with two attached hydrogens (primary N) is 2. The van der Waals surface area contributed by atoms with Gasteiger partial charge in [0, 0.05) is 46.1 Å². The number of aromatic nitrogens is 1. The molecule has 1 aliphatic heterocycles. The van der Waals surface area contributed by atoms with E-state index in [-0.39, 0.29) is 12.5 Å². The van der Waals surface area contributed by atoms with Crippen LogP contribution in [0.15, 0.2) is 47.9 Å². The Morgan fingerprint density at radius 2 is 2.19 bits per heavy atom.